The topological polar surface area (TPSA) is 146 Å². The third kappa shape index (κ3) is 7.45. The van der Waals surface area contributed by atoms with Gasteiger partial charge in [-0.15, -0.1) is 0 Å². The SMILES string of the molecule is CO[C@]1(C#Cc2ncc(C)cn2)CC[C@@H](C(=O)N2CC[C@](O)(Cn3cnc(Oc4ccc(F)cc4)c(N)c3=O)C(F)(F)C2)[C@H](c2ccccc2)C1. The number of hydrogen-bond donors (Lipinski definition) is 2. The van der Waals surface area contributed by atoms with Gasteiger partial charge in [0.1, 0.15) is 29.1 Å². The van der Waals surface area contributed by atoms with Gasteiger partial charge in [-0.3, -0.25) is 14.2 Å². The van der Waals surface area contributed by atoms with Crippen molar-refractivity contribution in [2.45, 2.75) is 62.2 Å². The van der Waals surface area contributed by atoms with Crippen molar-refractivity contribution >= 4 is 11.6 Å². The maximum absolute atomic E-state index is 15.9. The number of nitrogens with two attached hydrogens (primary N) is 1. The molecule has 1 aliphatic heterocycles. The zero-order valence-corrected chi connectivity index (χ0v) is 28.1. The van der Waals surface area contributed by atoms with E-state index in [0.717, 1.165) is 39.1 Å². The number of nitrogen functional groups attached to an aromatic ring is 1. The van der Waals surface area contributed by atoms with Gasteiger partial charge < -0.3 is 25.2 Å². The van der Waals surface area contributed by atoms with Crippen LogP contribution in [-0.4, -0.2) is 72.8 Å². The number of piperidine rings is 1. The second-order valence-corrected chi connectivity index (χ2v) is 13.1. The van der Waals surface area contributed by atoms with Crippen molar-refractivity contribution in [1.29, 1.82) is 0 Å². The molecule has 3 N–H and O–H groups in total. The standard InChI is InChI=1S/C37H37F3N6O5/c1-24-19-42-30(43-20-24)13-15-35(50-2)14-12-28(29(18-35)25-6-4-3-5-7-25)33(47)45-17-16-36(49,37(39,40)22-45)21-46-23-44-32(31(41)34(46)48)51-27-10-8-26(38)9-11-27/h3-11,19-20,23,28-29,49H,12,14,16-18,21-22,41H2,1-2H3/t28-,29+,35+,36+/m1/s1. The lowest BCUT2D eigenvalue weighted by Crippen LogP contribution is -2.64. The average molecular weight is 703 g/mol. The van der Waals surface area contributed by atoms with Gasteiger partial charge in [0.2, 0.25) is 17.6 Å². The van der Waals surface area contributed by atoms with Crippen molar-refractivity contribution in [3.05, 3.63) is 106 Å². The molecule has 4 atom stereocenters. The van der Waals surface area contributed by atoms with E-state index in [0.29, 0.717) is 25.1 Å². The van der Waals surface area contributed by atoms with E-state index < -0.39 is 71.4 Å². The summed E-state index contributed by atoms with van der Waals surface area (Å²) in [4.78, 5) is 40.7. The number of likely N-dealkylation sites (tertiary alicyclic amines) is 1. The molecule has 0 bridgehead atoms. The van der Waals surface area contributed by atoms with Gasteiger partial charge in [-0.25, -0.2) is 28.1 Å². The Kier molecular flexibility index (Phi) is 9.88. The normalized spacial score (nSPS) is 24.3. The Morgan fingerprint density at radius 3 is 2.45 bits per heavy atom. The number of nitrogens with zero attached hydrogens (tertiary/aromatic N) is 5. The van der Waals surface area contributed by atoms with E-state index in [1.165, 1.54) is 12.1 Å². The van der Waals surface area contributed by atoms with Crippen molar-refractivity contribution < 1.29 is 32.5 Å². The number of halogens is 3. The lowest BCUT2D eigenvalue weighted by atomic mass is 9.68. The van der Waals surface area contributed by atoms with Gasteiger partial charge in [0.15, 0.2) is 5.69 Å². The first-order valence-electron chi connectivity index (χ1n) is 16.4. The van der Waals surface area contributed by atoms with Crippen molar-refractivity contribution in [1.82, 2.24) is 24.4 Å². The minimum atomic E-state index is -3.80. The fourth-order valence-corrected chi connectivity index (χ4v) is 6.68. The first-order chi connectivity index (χ1) is 24.3. The molecular formula is C37H37F3N6O5. The van der Waals surface area contributed by atoms with E-state index in [1.54, 1.807) is 19.5 Å². The monoisotopic (exact) mass is 702 g/mol. The number of methoxy groups -OCH3 is 1. The smallest absolute Gasteiger partial charge is 0.295 e. The number of anilines is 1. The molecule has 0 unspecified atom stereocenters. The van der Waals surface area contributed by atoms with E-state index in [9.17, 15) is 19.1 Å². The lowest BCUT2D eigenvalue weighted by molar-refractivity contribution is -0.223. The number of aliphatic hydroxyl groups is 1. The molecule has 1 aliphatic carbocycles. The summed E-state index contributed by atoms with van der Waals surface area (Å²) >= 11 is 0. The molecule has 51 heavy (non-hydrogen) atoms. The highest BCUT2D eigenvalue weighted by atomic mass is 19.3. The van der Waals surface area contributed by atoms with Crippen LogP contribution >= 0.6 is 0 Å². The van der Waals surface area contributed by atoms with Gasteiger partial charge in [-0.2, -0.15) is 0 Å². The highest BCUT2D eigenvalue weighted by Crippen LogP contribution is 2.46. The molecule has 2 aromatic heterocycles. The van der Waals surface area contributed by atoms with Gasteiger partial charge in [-0.1, -0.05) is 36.3 Å². The summed E-state index contributed by atoms with van der Waals surface area (Å²) in [6.07, 6.45) is 4.78. The van der Waals surface area contributed by atoms with E-state index >= 15 is 8.78 Å². The summed E-state index contributed by atoms with van der Waals surface area (Å²) in [5.74, 6) is 0.562. The molecule has 1 saturated heterocycles. The maximum Gasteiger partial charge on any atom is 0.295 e. The fraction of sp³-hybridized carbons (Fsp3) is 0.378. The van der Waals surface area contributed by atoms with Crippen LogP contribution in [0.15, 0.2) is 78.1 Å². The summed E-state index contributed by atoms with van der Waals surface area (Å²) in [6.45, 7) is -0.182. The molecule has 6 rings (SSSR count). The summed E-state index contributed by atoms with van der Waals surface area (Å²) in [6, 6.07) is 14.2. The maximum atomic E-state index is 15.9. The quantitative estimate of drug-likeness (QED) is 0.267. The minimum Gasteiger partial charge on any atom is -0.437 e. The number of aromatic nitrogens is 4. The number of carbonyl (C=O) groups excluding carboxylic acids is 1. The van der Waals surface area contributed by atoms with Gasteiger partial charge >= 0.3 is 0 Å². The van der Waals surface area contributed by atoms with E-state index in [2.05, 4.69) is 26.8 Å². The van der Waals surface area contributed by atoms with E-state index in [4.69, 9.17) is 15.2 Å². The summed E-state index contributed by atoms with van der Waals surface area (Å²) in [7, 11) is 1.56. The van der Waals surface area contributed by atoms with Crippen molar-refractivity contribution in [3.8, 4) is 23.5 Å². The van der Waals surface area contributed by atoms with E-state index in [1.807, 2.05) is 37.3 Å². The molecule has 4 aromatic rings. The van der Waals surface area contributed by atoms with Crippen LogP contribution in [0, 0.1) is 30.5 Å². The fourth-order valence-electron chi connectivity index (χ4n) is 6.68. The van der Waals surface area contributed by atoms with Crippen molar-refractivity contribution in [3.63, 3.8) is 0 Å². The summed E-state index contributed by atoms with van der Waals surface area (Å²) < 4.78 is 57.3. The number of amides is 1. The molecule has 0 radical (unpaired) electrons. The molecular weight excluding hydrogens is 665 g/mol. The first kappa shape index (κ1) is 35.6. The van der Waals surface area contributed by atoms with Crippen molar-refractivity contribution in [2.24, 2.45) is 5.92 Å². The molecule has 2 aromatic carbocycles. The van der Waals surface area contributed by atoms with Crippen LogP contribution in [0.5, 0.6) is 11.6 Å². The number of alkyl halides is 2. The summed E-state index contributed by atoms with van der Waals surface area (Å²) in [5.41, 5.74) is 2.67. The Balaban J connectivity index is 1.19. The van der Waals surface area contributed by atoms with Crippen molar-refractivity contribution in [2.75, 3.05) is 25.9 Å². The molecule has 266 valence electrons. The van der Waals surface area contributed by atoms with Gasteiger partial charge in [0, 0.05) is 38.4 Å². The third-order valence-corrected chi connectivity index (χ3v) is 9.69. The molecule has 1 saturated carbocycles. The molecule has 1 amide bonds. The first-order valence-corrected chi connectivity index (χ1v) is 16.4. The van der Waals surface area contributed by atoms with Gasteiger partial charge in [0.05, 0.1) is 13.1 Å². The predicted octanol–water partition coefficient (Wildman–Crippen LogP) is 4.47. The Bertz CT molecular complexity index is 2000. The molecule has 11 nitrogen and oxygen atoms in total. The largest absolute Gasteiger partial charge is 0.437 e. The minimum absolute atomic E-state index is 0.153. The van der Waals surface area contributed by atoms with Crippen LogP contribution in [0.2, 0.25) is 0 Å². The highest BCUT2D eigenvalue weighted by molar-refractivity contribution is 5.80. The number of carbonyl (C=O) groups is 1. The molecule has 14 heteroatoms. The zero-order chi connectivity index (χ0) is 36.4. The van der Waals surface area contributed by atoms with E-state index in [-0.39, 0.29) is 18.2 Å². The van der Waals surface area contributed by atoms with Crippen LogP contribution in [0.25, 0.3) is 0 Å². The number of aryl methyl sites for hydroxylation is 1. The average Bonchev–Trinajstić information content (AvgIpc) is 3.13. The van der Waals surface area contributed by atoms with Gasteiger partial charge in [0.25, 0.3) is 11.5 Å². The molecule has 2 fully saturated rings. The highest BCUT2D eigenvalue weighted by Gasteiger charge is 2.58. The molecule has 2 aliphatic rings. The van der Waals surface area contributed by atoms with Crippen LogP contribution in [0.4, 0.5) is 18.9 Å². The number of hydrogen-bond acceptors (Lipinski definition) is 9. The Labute approximate surface area is 292 Å². The van der Waals surface area contributed by atoms with Crippen LogP contribution < -0.4 is 16.0 Å². The van der Waals surface area contributed by atoms with Crippen LogP contribution in [0.3, 0.4) is 0 Å². The number of ether oxygens (including phenoxy) is 2. The third-order valence-electron chi connectivity index (χ3n) is 9.69. The van der Waals surface area contributed by atoms with Crippen LogP contribution in [-0.2, 0) is 16.1 Å². The number of benzene rings is 2. The zero-order valence-electron chi connectivity index (χ0n) is 28.1. The summed E-state index contributed by atoms with van der Waals surface area (Å²) in [5, 5.41) is 11.3. The van der Waals surface area contributed by atoms with Gasteiger partial charge in [-0.05, 0) is 73.4 Å². The van der Waals surface area contributed by atoms with Crippen LogP contribution in [0.1, 0.15) is 48.6 Å². The molecule has 0 spiro atoms. The second-order valence-electron chi connectivity index (χ2n) is 13.1. The second kappa shape index (κ2) is 14.2. The Hall–Kier alpha value is -5.26. The predicted molar refractivity (Wildman–Crippen MR) is 180 cm³/mol. The Morgan fingerprint density at radius 1 is 1.08 bits per heavy atom. The lowest BCUT2D eigenvalue weighted by Gasteiger charge is -2.47. The molecule has 3 heterocycles. The Morgan fingerprint density at radius 2 is 1.78 bits per heavy atom. The number of rotatable bonds is 7.